The van der Waals surface area contributed by atoms with Gasteiger partial charge in [0.15, 0.2) is 0 Å². The SMILES string of the molecule is O=C(O)Cc1cc(C(F)(F)F)ncn1. The van der Waals surface area contributed by atoms with E-state index in [1.807, 2.05) is 0 Å². The number of alkyl halides is 3. The molecule has 1 aromatic heterocycles. The highest BCUT2D eigenvalue weighted by Gasteiger charge is 2.32. The molecule has 0 aliphatic carbocycles. The molecular formula is C7H5F3N2O2. The average Bonchev–Trinajstić information content (AvgIpc) is 2.01. The van der Waals surface area contributed by atoms with E-state index in [4.69, 9.17) is 5.11 Å². The number of carboxylic acid groups (broad SMARTS) is 1. The first-order chi connectivity index (χ1) is 6.39. The summed E-state index contributed by atoms with van der Waals surface area (Å²) in [4.78, 5) is 16.6. The summed E-state index contributed by atoms with van der Waals surface area (Å²) in [6, 6.07) is 0.619. The lowest BCUT2D eigenvalue weighted by atomic mass is 10.2. The van der Waals surface area contributed by atoms with Crippen molar-refractivity contribution in [2.24, 2.45) is 0 Å². The van der Waals surface area contributed by atoms with Gasteiger partial charge in [0.05, 0.1) is 12.1 Å². The van der Waals surface area contributed by atoms with Crippen molar-refractivity contribution in [1.82, 2.24) is 9.97 Å². The third-order valence-electron chi connectivity index (χ3n) is 1.35. The van der Waals surface area contributed by atoms with Gasteiger partial charge in [0, 0.05) is 0 Å². The van der Waals surface area contributed by atoms with Gasteiger partial charge in [0.1, 0.15) is 12.0 Å². The largest absolute Gasteiger partial charge is 0.481 e. The van der Waals surface area contributed by atoms with E-state index in [-0.39, 0.29) is 5.69 Å². The van der Waals surface area contributed by atoms with Crippen LogP contribution in [-0.4, -0.2) is 21.0 Å². The summed E-state index contributed by atoms with van der Waals surface area (Å²) in [5.41, 5.74) is -1.30. The van der Waals surface area contributed by atoms with E-state index < -0.39 is 24.3 Å². The second-order valence-electron chi connectivity index (χ2n) is 2.46. The molecule has 1 heterocycles. The van der Waals surface area contributed by atoms with Crippen LogP contribution in [0.25, 0.3) is 0 Å². The fourth-order valence-corrected chi connectivity index (χ4v) is 0.804. The minimum Gasteiger partial charge on any atom is -0.481 e. The Morgan fingerprint density at radius 2 is 2.07 bits per heavy atom. The zero-order valence-electron chi connectivity index (χ0n) is 6.75. The average molecular weight is 206 g/mol. The molecule has 0 radical (unpaired) electrons. The molecule has 0 bridgehead atoms. The minimum absolute atomic E-state index is 0.167. The molecule has 76 valence electrons. The van der Waals surface area contributed by atoms with E-state index in [1.165, 1.54) is 0 Å². The standard InChI is InChI=1S/C7H5F3N2O2/c8-7(9,10)5-1-4(2-6(13)14)11-3-12-5/h1,3H,2H2,(H,13,14). The van der Waals surface area contributed by atoms with Gasteiger partial charge in [-0.1, -0.05) is 0 Å². The second kappa shape index (κ2) is 3.60. The lowest BCUT2D eigenvalue weighted by molar-refractivity contribution is -0.142. The molecule has 0 atom stereocenters. The Labute approximate surface area is 76.4 Å². The Morgan fingerprint density at radius 3 is 2.57 bits per heavy atom. The van der Waals surface area contributed by atoms with Crippen molar-refractivity contribution in [2.75, 3.05) is 0 Å². The van der Waals surface area contributed by atoms with E-state index in [0.29, 0.717) is 12.4 Å². The van der Waals surface area contributed by atoms with Crippen molar-refractivity contribution in [2.45, 2.75) is 12.6 Å². The molecule has 1 N–H and O–H groups in total. The van der Waals surface area contributed by atoms with Gasteiger partial charge in [0.25, 0.3) is 0 Å². The number of carboxylic acids is 1. The van der Waals surface area contributed by atoms with Gasteiger partial charge < -0.3 is 5.11 Å². The highest BCUT2D eigenvalue weighted by molar-refractivity contribution is 5.69. The normalized spacial score (nSPS) is 11.4. The van der Waals surface area contributed by atoms with E-state index in [1.54, 1.807) is 0 Å². The topological polar surface area (TPSA) is 63.1 Å². The third-order valence-corrected chi connectivity index (χ3v) is 1.35. The summed E-state index contributed by atoms with van der Waals surface area (Å²) in [6.07, 6.45) is -4.43. The highest BCUT2D eigenvalue weighted by atomic mass is 19.4. The highest BCUT2D eigenvalue weighted by Crippen LogP contribution is 2.27. The van der Waals surface area contributed by atoms with Gasteiger partial charge in [-0.25, -0.2) is 9.97 Å². The van der Waals surface area contributed by atoms with Crippen LogP contribution in [0.3, 0.4) is 0 Å². The van der Waals surface area contributed by atoms with Gasteiger partial charge in [0.2, 0.25) is 0 Å². The first-order valence-corrected chi connectivity index (χ1v) is 3.49. The molecule has 0 unspecified atom stereocenters. The van der Waals surface area contributed by atoms with Gasteiger partial charge in [-0.05, 0) is 6.07 Å². The van der Waals surface area contributed by atoms with Crippen LogP contribution in [0, 0.1) is 0 Å². The van der Waals surface area contributed by atoms with Gasteiger partial charge in [-0.2, -0.15) is 13.2 Å². The van der Waals surface area contributed by atoms with Gasteiger partial charge >= 0.3 is 12.1 Å². The zero-order valence-corrected chi connectivity index (χ0v) is 6.75. The molecule has 0 aromatic carbocycles. The maximum Gasteiger partial charge on any atom is 0.433 e. The van der Waals surface area contributed by atoms with E-state index in [0.717, 1.165) is 0 Å². The lowest BCUT2D eigenvalue weighted by Crippen LogP contribution is -2.11. The number of hydrogen-bond donors (Lipinski definition) is 1. The Balaban J connectivity index is 2.95. The fraction of sp³-hybridized carbons (Fsp3) is 0.286. The molecule has 0 aliphatic rings. The van der Waals surface area contributed by atoms with Crippen LogP contribution in [0.15, 0.2) is 12.4 Å². The molecule has 0 fully saturated rings. The summed E-state index contributed by atoms with van der Waals surface area (Å²) < 4.78 is 36.2. The first kappa shape index (κ1) is 10.4. The predicted molar refractivity (Wildman–Crippen MR) is 38.4 cm³/mol. The van der Waals surface area contributed by atoms with Crippen LogP contribution >= 0.6 is 0 Å². The first-order valence-electron chi connectivity index (χ1n) is 3.49. The van der Waals surface area contributed by atoms with Gasteiger partial charge in [-0.3, -0.25) is 4.79 Å². The number of carbonyl (C=O) groups is 1. The summed E-state index contributed by atoms with van der Waals surface area (Å²) in [6.45, 7) is 0. The van der Waals surface area contributed by atoms with Gasteiger partial charge in [-0.15, -0.1) is 0 Å². The Hall–Kier alpha value is -1.66. The van der Waals surface area contributed by atoms with Crippen LogP contribution in [0.4, 0.5) is 13.2 Å². The molecule has 0 amide bonds. The number of nitrogens with zero attached hydrogens (tertiary/aromatic N) is 2. The van der Waals surface area contributed by atoms with Crippen LogP contribution in [-0.2, 0) is 17.4 Å². The number of aromatic nitrogens is 2. The summed E-state index contributed by atoms with van der Waals surface area (Å²) in [7, 11) is 0. The van der Waals surface area contributed by atoms with Crippen molar-refractivity contribution in [1.29, 1.82) is 0 Å². The quantitative estimate of drug-likeness (QED) is 0.787. The van der Waals surface area contributed by atoms with Crippen LogP contribution < -0.4 is 0 Å². The zero-order chi connectivity index (χ0) is 10.8. The van der Waals surface area contributed by atoms with Crippen LogP contribution in [0.2, 0.25) is 0 Å². The summed E-state index contributed by atoms with van der Waals surface area (Å²) >= 11 is 0. The van der Waals surface area contributed by atoms with Crippen molar-refractivity contribution >= 4 is 5.97 Å². The monoisotopic (exact) mass is 206 g/mol. The van der Waals surface area contributed by atoms with Crippen molar-refractivity contribution in [3.63, 3.8) is 0 Å². The maximum atomic E-state index is 12.1. The molecule has 14 heavy (non-hydrogen) atoms. The molecule has 1 rings (SSSR count). The molecule has 4 nitrogen and oxygen atoms in total. The number of halogens is 3. The molecule has 0 aliphatic heterocycles. The Kier molecular flexibility index (Phi) is 2.68. The summed E-state index contributed by atoms with van der Waals surface area (Å²) in [5, 5.41) is 8.32. The number of hydrogen-bond acceptors (Lipinski definition) is 3. The van der Waals surface area contributed by atoms with Crippen molar-refractivity contribution < 1.29 is 23.1 Å². The lowest BCUT2D eigenvalue weighted by Gasteiger charge is -2.05. The third kappa shape index (κ3) is 2.68. The smallest absolute Gasteiger partial charge is 0.433 e. The predicted octanol–water partition coefficient (Wildman–Crippen LogP) is 1.12. The van der Waals surface area contributed by atoms with Crippen molar-refractivity contribution in [3.05, 3.63) is 23.8 Å². The molecule has 7 heteroatoms. The number of rotatable bonds is 2. The maximum absolute atomic E-state index is 12.1. The molecule has 0 saturated carbocycles. The second-order valence-corrected chi connectivity index (χ2v) is 2.46. The molecular weight excluding hydrogens is 201 g/mol. The van der Waals surface area contributed by atoms with E-state index in [2.05, 4.69) is 9.97 Å². The van der Waals surface area contributed by atoms with Crippen LogP contribution in [0.1, 0.15) is 11.4 Å². The fourth-order valence-electron chi connectivity index (χ4n) is 0.804. The molecule has 1 aromatic rings. The van der Waals surface area contributed by atoms with Crippen LogP contribution in [0.5, 0.6) is 0 Å². The van der Waals surface area contributed by atoms with E-state index in [9.17, 15) is 18.0 Å². The molecule has 0 spiro atoms. The van der Waals surface area contributed by atoms with E-state index >= 15 is 0 Å². The minimum atomic E-state index is -4.57. The molecule has 0 saturated heterocycles. The summed E-state index contributed by atoms with van der Waals surface area (Å²) in [5.74, 6) is -1.24. The Bertz CT molecular complexity index is 351. The number of aliphatic carboxylic acids is 1. The Morgan fingerprint density at radius 1 is 1.43 bits per heavy atom. The van der Waals surface area contributed by atoms with Crippen molar-refractivity contribution in [3.8, 4) is 0 Å².